The number of hydrogen-bond donors (Lipinski definition) is 2. The van der Waals surface area contributed by atoms with Crippen molar-refractivity contribution in [2.45, 2.75) is 65.5 Å². The van der Waals surface area contributed by atoms with Crippen LogP contribution in [0.1, 0.15) is 53.4 Å². The van der Waals surface area contributed by atoms with Crippen LogP contribution in [0.2, 0.25) is 0 Å². The standard InChI is InChI=1S/C16H29N3O3/c1-5-19(10-14(21)17-11(2)3)16(22)15(18-12(4)20)13-8-6-7-9-13/h11,13,15H,5-10H2,1-4H3,(H,17,21)(H,18,20). The van der Waals surface area contributed by atoms with E-state index in [2.05, 4.69) is 10.6 Å². The Balaban J connectivity index is 2.75. The Hall–Kier alpha value is -1.59. The summed E-state index contributed by atoms with van der Waals surface area (Å²) in [5.41, 5.74) is 0. The van der Waals surface area contributed by atoms with E-state index in [1.165, 1.54) is 11.8 Å². The second-order valence-corrected chi connectivity index (χ2v) is 6.30. The van der Waals surface area contributed by atoms with Gasteiger partial charge in [0.15, 0.2) is 0 Å². The number of carbonyl (C=O) groups excluding carboxylic acids is 3. The molecule has 0 aliphatic heterocycles. The number of rotatable bonds is 7. The van der Waals surface area contributed by atoms with Crippen molar-refractivity contribution >= 4 is 17.7 Å². The quantitative estimate of drug-likeness (QED) is 0.738. The summed E-state index contributed by atoms with van der Waals surface area (Å²) < 4.78 is 0. The first-order chi connectivity index (χ1) is 10.3. The molecule has 1 unspecified atom stereocenters. The topological polar surface area (TPSA) is 78.5 Å². The summed E-state index contributed by atoms with van der Waals surface area (Å²) in [6.07, 6.45) is 4.08. The van der Waals surface area contributed by atoms with E-state index < -0.39 is 6.04 Å². The average molecular weight is 311 g/mol. The first kappa shape index (κ1) is 18.5. The van der Waals surface area contributed by atoms with Crippen molar-refractivity contribution in [2.24, 2.45) is 5.92 Å². The van der Waals surface area contributed by atoms with Crippen molar-refractivity contribution in [1.82, 2.24) is 15.5 Å². The van der Waals surface area contributed by atoms with Crippen LogP contribution >= 0.6 is 0 Å². The van der Waals surface area contributed by atoms with Crippen molar-refractivity contribution < 1.29 is 14.4 Å². The van der Waals surface area contributed by atoms with Gasteiger partial charge in [-0.1, -0.05) is 12.8 Å². The minimum atomic E-state index is -0.508. The number of hydrogen-bond acceptors (Lipinski definition) is 3. The highest BCUT2D eigenvalue weighted by atomic mass is 16.2. The van der Waals surface area contributed by atoms with Crippen molar-refractivity contribution in [3.8, 4) is 0 Å². The zero-order chi connectivity index (χ0) is 16.7. The lowest BCUT2D eigenvalue weighted by molar-refractivity contribution is -0.140. The molecule has 0 aromatic heterocycles. The van der Waals surface area contributed by atoms with E-state index in [9.17, 15) is 14.4 Å². The van der Waals surface area contributed by atoms with Crippen molar-refractivity contribution in [3.05, 3.63) is 0 Å². The van der Waals surface area contributed by atoms with Crippen LogP contribution in [0, 0.1) is 5.92 Å². The first-order valence-corrected chi connectivity index (χ1v) is 8.20. The van der Waals surface area contributed by atoms with Gasteiger partial charge in [0.2, 0.25) is 17.7 Å². The Labute approximate surface area is 133 Å². The molecule has 2 N–H and O–H groups in total. The second-order valence-electron chi connectivity index (χ2n) is 6.30. The van der Waals surface area contributed by atoms with Gasteiger partial charge < -0.3 is 15.5 Å². The molecule has 6 heteroatoms. The molecule has 1 fully saturated rings. The second kappa shape index (κ2) is 8.76. The van der Waals surface area contributed by atoms with E-state index in [1.54, 1.807) is 0 Å². The predicted octanol–water partition coefficient (Wildman–Crippen LogP) is 1.05. The monoisotopic (exact) mass is 311 g/mol. The van der Waals surface area contributed by atoms with Crippen LogP contribution in [-0.4, -0.2) is 47.8 Å². The molecule has 0 radical (unpaired) electrons. The first-order valence-electron chi connectivity index (χ1n) is 8.20. The van der Waals surface area contributed by atoms with Gasteiger partial charge in [-0.3, -0.25) is 14.4 Å². The fraction of sp³-hybridized carbons (Fsp3) is 0.812. The third kappa shape index (κ3) is 5.66. The summed E-state index contributed by atoms with van der Waals surface area (Å²) in [7, 11) is 0. The summed E-state index contributed by atoms with van der Waals surface area (Å²) in [6, 6.07) is -0.464. The highest BCUT2D eigenvalue weighted by molar-refractivity contribution is 5.90. The van der Waals surface area contributed by atoms with E-state index in [1.807, 2.05) is 20.8 Å². The predicted molar refractivity (Wildman–Crippen MR) is 85.1 cm³/mol. The molecule has 0 bridgehead atoms. The molecular formula is C16H29N3O3. The van der Waals surface area contributed by atoms with Gasteiger partial charge in [0.25, 0.3) is 0 Å². The van der Waals surface area contributed by atoms with Crippen LogP contribution < -0.4 is 10.6 Å². The van der Waals surface area contributed by atoms with Gasteiger partial charge in [-0.25, -0.2) is 0 Å². The lowest BCUT2D eigenvalue weighted by atomic mass is 9.96. The smallest absolute Gasteiger partial charge is 0.245 e. The maximum atomic E-state index is 12.7. The third-order valence-electron chi connectivity index (χ3n) is 3.97. The Morgan fingerprint density at radius 2 is 1.73 bits per heavy atom. The van der Waals surface area contributed by atoms with Crippen LogP contribution in [0.4, 0.5) is 0 Å². The minimum absolute atomic E-state index is 0.0380. The van der Waals surface area contributed by atoms with Crippen LogP contribution in [0.15, 0.2) is 0 Å². The summed E-state index contributed by atoms with van der Waals surface area (Å²) in [5.74, 6) is -0.340. The van der Waals surface area contributed by atoms with E-state index >= 15 is 0 Å². The van der Waals surface area contributed by atoms with E-state index in [4.69, 9.17) is 0 Å². The molecule has 0 spiro atoms. The molecule has 1 rings (SSSR count). The van der Waals surface area contributed by atoms with E-state index in [0.29, 0.717) is 6.54 Å². The molecule has 0 aromatic carbocycles. The molecule has 126 valence electrons. The fourth-order valence-corrected chi connectivity index (χ4v) is 2.97. The van der Waals surface area contributed by atoms with Crippen LogP contribution in [0.5, 0.6) is 0 Å². The van der Waals surface area contributed by atoms with Crippen LogP contribution in [-0.2, 0) is 14.4 Å². The summed E-state index contributed by atoms with van der Waals surface area (Å²) >= 11 is 0. The lowest BCUT2D eigenvalue weighted by Crippen LogP contribution is -2.53. The minimum Gasteiger partial charge on any atom is -0.352 e. The number of nitrogens with one attached hydrogen (secondary N) is 2. The van der Waals surface area contributed by atoms with Crippen LogP contribution in [0.25, 0.3) is 0 Å². The molecule has 1 atom stereocenters. The molecule has 1 saturated carbocycles. The number of nitrogens with zero attached hydrogens (tertiary/aromatic N) is 1. The van der Waals surface area contributed by atoms with Gasteiger partial charge in [-0.15, -0.1) is 0 Å². The molecule has 0 heterocycles. The fourth-order valence-electron chi connectivity index (χ4n) is 2.97. The SMILES string of the molecule is CCN(CC(=O)NC(C)C)C(=O)C(NC(C)=O)C1CCCC1. The van der Waals surface area contributed by atoms with Crippen molar-refractivity contribution in [2.75, 3.05) is 13.1 Å². The molecule has 3 amide bonds. The Bertz CT molecular complexity index is 403. The van der Waals surface area contributed by atoms with Crippen LogP contribution in [0.3, 0.4) is 0 Å². The van der Waals surface area contributed by atoms with Gasteiger partial charge in [-0.05, 0) is 39.5 Å². The highest BCUT2D eigenvalue weighted by Gasteiger charge is 2.34. The molecule has 22 heavy (non-hydrogen) atoms. The largest absolute Gasteiger partial charge is 0.352 e. The zero-order valence-corrected chi connectivity index (χ0v) is 14.1. The van der Waals surface area contributed by atoms with E-state index in [0.717, 1.165) is 25.7 Å². The Morgan fingerprint density at radius 3 is 2.18 bits per heavy atom. The maximum Gasteiger partial charge on any atom is 0.245 e. The van der Waals surface area contributed by atoms with Crippen molar-refractivity contribution in [1.29, 1.82) is 0 Å². The van der Waals surface area contributed by atoms with Gasteiger partial charge >= 0.3 is 0 Å². The normalized spacial score (nSPS) is 16.4. The molecule has 1 aliphatic carbocycles. The highest BCUT2D eigenvalue weighted by Crippen LogP contribution is 2.28. The lowest BCUT2D eigenvalue weighted by Gasteiger charge is -2.29. The van der Waals surface area contributed by atoms with Gasteiger partial charge in [0.05, 0.1) is 6.54 Å². The molecule has 6 nitrogen and oxygen atoms in total. The Morgan fingerprint density at radius 1 is 1.14 bits per heavy atom. The molecule has 1 aliphatic rings. The third-order valence-corrected chi connectivity index (χ3v) is 3.97. The zero-order valence-electron chi connectivity index (χ0n) is 14.1. The summed E-state index contributed by atoms with van der Waals surface area (Å²) in [6.45, 7) is 7.53. The molecular weight excluding hydrogens is 282 g/mol. The van der Waals surface area contributed by atoms with Gasteiger partial charge in [0, 0.05) is 19.5 Å². The van der Waals surface area contributed by atoms with Crippen molar-refractivity contribution in [3.63, 3.8) is 0 Å². The maximum absolute atomic E-state index is 12.7. The number of amides is 3. The molecule has 0 saturated heterocycles. The summed E-state index contributed by atoms with van der Waals surface area (Å²) in [4.78, 5) is 37.6. The number of likely N-dealkylation sites (N-methyl/N-ethyl adjacent to an activating group) is 1. The summed E-state index contributed by atoms with van der Waals surface area (Å²) in [5, 5.41) is 5.58. The van der Waals surface area contributed by atoms with E-state index in [-0.39, 0.29) is 36.2 Å². The van der Waals surface area contributed by atoms with Gasteiger partial charge in [0.1, 0.15) is 6.04 Å². The number of carbonyl (C=O) groups is 3. The Kier molecular flexibility index (Phi) is 7.35. The van der Waals surface area contributed by atoms with Gasteiger partial charge in [-0.2, -0.15) is 0 Å². The average Bonchev–Trinajstić information content (AvgIpc) is 2.94. The molecule has 0 aromatic rings.